The monoisotopic (exact) mass is 524 g/mol. The molecule has 8 heteroatoms. The second kappa shape index (κ2) is 12.4. The summed E-state index contributed by atoms with van der Waals surface area (Å²) in [5, 5.41) is 29.0. The summed E-state index contributed by atoms with van der Waals surface area (Å²) in [5.41, 5.74) is 11.1. The van der Waals surface area contributed by atoms with Crippen molar-refractivity contribution < 1.29 is 19.7 Å². The third kappa shape index (κ3) is 6.17. The number of pyridine rings is 1. The van der Waals surface area contributed by atoms with E-state index >= 15 is 0 Å². The van der Waals surface area contributed by atoms with Gasteiger partial charge in [-0.05, 0) is 68.0 Å². The molecule has 0 bridgehead atoms. The molecule has 1 amide bonds. The lowest BCUT2D eigenvalue weighted by atomic mass is 9.83. The largest absolute Gasteiger partial charge is 0.490 e. The number of hydrogen-bond acceptors (Lipinski definition) is 6. The van der Waals surface area contributed by atoms with Crippen LogP contribution in [0.2, 0.25) is 0 Å². The smallest absolute Gasteiger partial charge is 0.249 e. The molecule has 39 heavy (non-hydrogen) atoms. The number of nitrogens with zero attached hydrogens (tertiary/aromatic N) is 3. The third-order valence-electron chi connectivity index (χ3n) is 6.48. The molecule has 0 aliphatic rings. The van der Waals surface area contributed by atoms with Gasteiger partial charge >= 0.3 is 0 Å². The molecule has 1 atom stereocenters. The quantitative estimate of drug-likeness (QED) is 0.265. The Balaban J connectivity index is 1.67. The van der Waals surface area contributed by atoms with Gasteiger partial charge in [0, 0.05) is 35.7 Å². The first kappa shape index (κ1) is 27.6. The number of aliphatic hydroxyl groups is 2. The molecule has 0 fully saturated rings. The van der Waals surface area contributed by atoms with Crippen LogP contribution in [-0.2, 0) is 6.42 Å². The van der Waals surface area contributed by atoms with E-state index < -0.39 is 5.91 Å². The minimum absolute atomic E-state index is 0.0425. The van der Waals surface area contributed by atoms with Gasteiger partial charge in [0.1, 0.15) is 17.5 Å². The first-order valence-corrected chi connectivity index (χ1v) is 12.8. The average molecular weight is 525 g/mol. The minimum atomic E-state index is -0.629. The first-order chi connectivity index (χ1) is 18.9. The maximum atomic E-state index is 12.3. The zero-order valence-corrected chi connectivity index (χ0v) is 22.0. The van der Waals surface area contributed by atoms with E-state index in [4.69, 9.17) is 20.6 Å². The number of aliphatic hydroxyl groups excluding tert-OH is 2. The fourth-order valence-electron chi connectivity index (χ4n) is 4.79. The zero-order chi connectivity index (χ0) is 27.9. The topological polar surface area (TPSA) is 134 Å². The van der Waals surface area contributed by atoms with E-state index in [0.29, 0.717) is 24.2 Å². The van der Waals surface area contributed by atoms with E-state index in [9.17, 15) is 15.2 Å². The van der Waals surface area contributed by atoms with Gasteiger partial charge < -0.3 is 25.1 Å². The van der Waals surface area contributed by atoms with Crippen LogP contribution in [0.4, 0.5) is 0 Å². The summed E-state index contributed by atoms with van der Waals surface area (Å²) in [4.78, 5) is 17.1. The summed E-state index contributed by atoms with van der Waals surface area (Å²) >= 11 is 0. The number of primary amides is 1. The number of imidazole rings is 1. The van der Waals surface area contributed by atoms with E-state index in [1.807, 2.05) is 73.1 Å². The number of fused-ring (bicyclic) bond motifs is 1. The number of aromatic nitrogens is 2. The second-order valence-electron chi connectivity index (χ2n) is 9.56. The number of nitrogens with two attached hydrogens (primary N) is 1. The number of rotatable bonds is 11. The number of hydrogen-bond donors (Lipinski definition) is 3. The molecular formula is C31H32N4O4. The van der Waals surface area contributed by atoms with Gasteiger partial charge in [0.15, 0.2) is 0 Å². The van der Waals surface area contributed by atoms with Gasteiger partial charge in [0.2, 0.25) is 5.91 Å². The van der Waals surface area contributed by atoms with Crippen LogP contribution in [0, 0.1) is 11.3 Å². The second-order valence-corrected chi connectivity index (χ2v) is 9.56. The molecule has 8 nitrogen and oxygen atoms in total. The molecule has 2 heterocycles. The van der Waals surface area contributed by atoms with Crippen LogP contribution in [0.15, 0.2) is 67.0 Å². The van der Waals surface area contributed by atoms with E-state index in [0.717, 1.165) is 28.0 Å². The lowest BCUT2D eigenvalue weighted by Gasteiger charge is -2.23. The van der Waals surface area contributed by atoms with Crippen molar-refractivity contribution in [3.05, 3.63) is 94.8 Å². The molecule has 1 unspecified atom stereocenters. The Labute approximate surface area is 227 Å². The molecule has 200 valence electrons. The van der Waals surface area contributed by atoms with Crippen molar-refractivity contribution in [1.82, 2.24) is 9.38 Å². The lowest BCUT2D eigenvalue weighted by Crippen LogP contribution is -2.20. The van der Waals surface area contributed by atoms with Gasteiger partial charge in [-0.3, -0.25) is 4.79 Å². The van der Waals surface area contributed by atoms with E-state index in [1.165, 1.54) is 0 Å². The van der Waals surface area contributed by atoms with Gasteiger partial charge in [-0.2, -0.15) is 5.26 Å². The number of carbonyl (C=O) groups excluding carboxylic acids is 1. The van der Waals surface area contributed by atoms with Gasteiger partial charge in [-0.1, -0.05) is 36.4 Å². The van der Waals surface area contributed by atoms with Crippen molar-refractivity contribution in [3.8, 4) is 23.1 Å². The molecule has 0 spiro atoms. The Morgan fingerprint density at radius 2 is 1.95 bits per heavy atom. The fraction of sp³-hybridized carbons (Fsp3) is 0.258. The van der Waals surface area contributed by atoms with E-state index in [1.54, 1.807) is 18.2 Å². The normalized spacial score (nSPS) is 12.2. The van der Waals surface area contributed by atoms with Crippen LogP contribution in [-0.4, -0.2) is 44.8 Å². The van der Waals surface area contributed by atoms with Crippen LogP contribution < -0.4 is 10.5 Å². The van der Waals surface area contributed by atoms with Gasteiger partial charge in [0.25, 0.3) is 0 Å². The first-order valence-electron chi connectivity index (χ1n) is 12.8. The Hall–Kier alpha value is -4.45. The summed E-state index contributed by atoms with van der Waals surface area (Å²) in [6.07, 6.45) is 8.07. The SMILES string of the molecule is CC(C)Oc1ccc(C(N)=O)c(C(CCO)Cc2ccc(-c3cn4cccc(C=CCO)c4n3)cc2)c1C#N. The summed E-state index contributed by atoms with van der Waals surface area (Å²) in [5.74, 6) is -0.563. The van der Waals surface area contributed by atoms with Crippen molar-refractivity contribution in [2.45, 2.75) is 38.7 Å². The molecule has 4 N–H and O–H groups in total. The van der Waals surface area contributed by atoms with Crippen molar-refractivity contribution in [2.24, 2.45) is 5.73 Å². The number of carbonyl (C=O) groups is 1. The van der Waals surface area contributed by atoms with Crippen LogP contribution in [0.25, 0.3) is 23.0 Å². The maximum Gasteiger partial charge on any atom is 0.249 e. The third-order valence-corrected chi connectivity index (χ3v) is 6.48. The molecule has 0 aliphatic heterocycles. The van der Waals surface area contributed by atoms with E-state index in [2.05, 4.69) is 6.07 Å². The Morgan fingerprint density at radius 1 is 1.18 bits per heavy atom. The van der Waals surface area contributed by atoms with Crippen molar-refractivity contribution in [2.75, 3.05) is 13.2 Å². The molecule has 0 radical (unpaired) electrons. The Bertz CT molecular complexity index is 1530. The van der Waals surface area contributed by atoms with Crippen LogP contribution >= 0.6 is 0 Å². The summed E-state index contributed by atoms with van der Waals surface area (Å²) in [6, 6.07) is 17.2. The maximum absolute atomic E-state index is 12.3. The van der Waals surface area contributed by atoms with E-state index in [-0.39, 0.29) is 36.4 Å². The van der Waals surface area contributed by atoms with Crippen molar-refractivity contribution in [1.29, 1.82) is 5.26 Å². The van der Waals surface area contributed by atoms with Crippen molar-refractivity contribution >= 4 is 17.6 Å². The molecule has 0 saturated heterocycles. The number of benzene rings is 2. The predicted octanol–water partition coefficient (Wildman–Crippen LogP) is 4.47. The highest BCUT2D eigenvalue weighted by atomic mass is 16.5. The molecular weight excluding hydrogens is 492 g/mol. The number of ether oxygens (including phenoxy) is 1. The highest BCUT2D eigenvalue weighted by molar-refractivity contribution is 5.95. The van der Waals surface area contributed by atoms with Crippen molar-refractivity contribution in [3.63, 3.8) is 0 Å². The fourth-order valence-corrected chi connectivity index (χ4v) is 4.79. The minimum Gasteiger partial charge on any atom is -0.490 e. The molecule has 4 rings (SSSR count). The molecule has 0 saturated carbocycles. The van der Waals surface area contributed by atoms with Crippen LogP contribution in [0.3, 0.4) is 0 Å². The summed E-state index contributed by atoms with van der Waals surface area (Å²) in [7, 11) is 0. The highest BCUT2D eigenvalue weighted by Gasteiger charge is 2.25. The molecule has 4 aromatic rings. The highest BCUT2D eigenvalue weighted by Crippen LogP contribution is 2.35. The van der Waals surface area contributed by atoms with Gasteiger partial charge in [-0.25, -0.2) is 4.98 Å². The molecule has 2 aromatic carbocycles. The standard InChI is InChI=1S/C31H32N4O4/c1-20(2)39-28-12-11-25(30(33)38)29(26(28)18-32)24(13-16-37)17-21-7-9-22(10-8-21)27-19-35-14-3-5-23(6-4-15-36)31(35)34-27/h3-12,14,19-20,24,36-37H,13,15-17H2,1-2H3,(H2,33,38). The predicted molar refractivity (Wildman–Crippen MR) is 150 cm³/mol. The van der Waals surface area contributed by atoms with Crippen LogP contribution in [0.5, 0.6) is 5.75 Å². The average Bonchev–Trinajstić information content (AvgIpc) is 3.36. The van der Waals surface area contributed by atoms with Crippen LogP contribution in [0.1, 0.15) is 58.8 Å². The lowest BCUT2D eigenvalue weighted by molar-refractivity contribution is 0.0998. The summed E-state index contributed by atoms with van der Waals surface area (Å²) in [6.45, 7) is 3.57. The zero-order valence-electron chi connectivity index (χ0n) is 22.0. The Morgan fingerprint density at radius 3 is 2.59 bits per heavy atom. The summed E-state index contributed by atoms with van der Waals surface area (Å²) < 4.78 is 7.79. The van der Waals surface area contributed by atoms with Gasteiger partial charge in [0.05, 0.1) is 24.0 Å². The Kier molecular flexibility index (Phi) is 8.77. The number of amides is 1. The molecule has 2 aromatic heterocycles. The number of nitriles is 1. The van der Waals surface area contributed by atoms with Gasteiger partial charge in [-0.15, -0.1) is 0 Å². The molecule has 0 aliphatic carbocycles.